The van der Waals surface area contributed by atoms with Crippen LogP contribution in [0, 0.1) is 0 Å². The molecular weight excluding hydrogens is 257 g/mol. The monoisotopic (exact) mass is 273 g/mol. The van der Waals surface area contributed by atoms with Crippen molar-refractivity contribution in [2.45, 2.75) is 25.9 Å². The van der Waals surface area contributed by atoms with Gasteiger partial charge in [-0.05, 0) is 25.1 Å². The second kappa shape index (κ2) is 6.33. The van der Waals surface area contributed by atoms with Gasteiger partial charge in [-0.25, -0.2) is 0 Å². The molecule has 1 nitrogen and oxygen atoms in total. The Kier molecular flexibility index (Phi) is 5.39. The lowest BCUT2D eigenvalue weighted by Gasteiger charge is -2.13. The van der Waals surface area contributed by atoms with Crippen LogP contribution in [0.1, 0.15) is 13.8 Å². The number of rotatable bonds is 5. The Bertz CT molecular complexity index is 338. The third-order valence-corrected chi connectivity index (χ3v) is 6.25. The number of nitrogens with one attached hydrogen (secondary N) is 1. The predicted molar refractivity (Wildman–Crippen MR) is 76.6 cm³/mol. The van der Waals surface area contributed by atoms with E-state index in [0.717, 1.165) is 11.7 Å². The Morgan fingerprint density at radius 3 is 2.50 bits per heavy atom. The fourth-order valence-electron chi connectivity index (χ4n) is 1.25. The van der Waals surface area contributed by atoms with E-state index >= 15 is 0 Å². The molecule has 0 aliphatic rings. The summed E-state index contributed by atoms with van der Waals surface area (Å²) in [4.78, 5) is 0. The van der Waals surface area contributed by atoms with Crippen LogP contribution in [-0.2, 0) is 0 Å². The number of anilines is 1. The first-order valence-corrected chi connectivity index (χ1v) is 9.73. The van der Waals surface area contributed by atoms with Gasteiger partial charge in [0.1, 0.15) is 0 Å². The molecule has 0 aromatic heterocycles. The summed E-state index contributed by atoms with van der Waals surface area (Å²) in [6, 6.07) is 11.2. The molecular formula is C12H17Cl2NSi. The van der Waals surface area contributed by atoms with E-state index in [-0.39, 0.29) is 6.04 Å². The van der Waals surface area contributed by atoms with Crippen molar-refractivity contribution in [1.29, 1.82) is 0 Å². The first kappa shape index (κ1) is 13.6. The molecule has 0 aliphatic carbocycles. The smallest absolute Gasteiger partial charge is 0.273 e. The van der Waals surface area contributed by atoms with E-state index in [9.17, 15) is 0 Å². The lowest BCUT2D eigenvalue weighted by Crippen LogP contribution is -2.17. The molecule has 0 fully saturated rings. The first-order valence-electron chi connectivity index (χ1n) is 5.42. The normalized spacial score (nSPS) is 14.0. The minimum Gasteiger partial charge on any atom is -0.379 e. The molecule has 0 amide bonds. The highest BCUT2D eigenvalue weighted by molar-refractivity contribution is 7.47. The Hall–Kier alpha value is -0.443. The van der Waals surface area contributed by atoms with Crippen molar-refractivity contribution < 1.29 is 0 Å². The number of hydrogen-bond acceptors (Lipinski definition) is 1. The van der Waals surface area contributed by atoms with Crippen molar-refractivity contribution in [3.05, 3.63) is 42.1 Å². The summed E-state index contributed by atoms with van der Waals surface area (Å²) in [5, 5.41) is 3.36. The molecule has 0 saturated heterocycles. The van der Waals surface area contributed by atoms with Gasteiger partial charge in [0, 0.05) is 11.7 Å². The number of benzene rings is 1. The standard InChI is InChI=1S/C12H17Cl2NSi/c1-3-16(13,14)10-9-11(2)15-12-7-5-4-6-8-12/h4-11,15H,3H2,1-2H3/b10-9+. The SMILES string of the molecule is CC[Si](Cl)(Cl)/C=C/C(C)Nc1ccccc1. The first-order chi connectivity index (χ1) is 7.53. The van der Waals surface area contributed by atoms with Gasteiger partial charge in [-0.3, -0.25) is 0 Å². The number of para-hydroxylation sites is 1. The van der Waals surface area contributed by atoms with Gasteiger partial charge in [-0.15, -0.1) is 22.2 Å². The molecule has 1 aromatic rings. The molecule has 0 radical (unpaired) electrons. The molecule has 0 saturated carbocycles. The Labute approximate surface area is 108 Å². The van der Waals surface area contributed by atoms with Crippen molar-refractivity contribution in [2.75, 3.05) is 5.32 Å². The lowest BCUT2D eigenvalue weighted by atomic mass is 10.2. The predicted octanol–water partition coefficient (Wildman–Crippen LogP) is 4.52. The van der Waals surface area contributed by atoms with Crippen LogP contribution in [0.25, 0.3) is 0 Å². The Balaban J connectivity index is 2.51. The molecule has 16 heavy (non-hydrogen) atoms. The Morgan fingerprint density at radius 1 is 1.31 bits per heavy atom. The van der Waals surface area contributed by atoms with E-state index in [1.807, 2.05) is 49.0 Å². The van der Waals surface area contributed by atoms with E-state index in [4.69, 9.17) is 22.2 Å². The van der Waals surface area contributed by atoms with E-state index in [1.54, 1.807) is 0 Å². The van der Waals surface area contributed by atoms with Crippen LogP contribution in [0.4, 0.5) is 5.69 Å². The van der Waals surface area contributed by atoms with Crippen LogP contribution < -0.4 is 5.32 Å². The third kappa shape index (κ3) is 5.06. The third-order valence-electron chi connectivity index (χ3n) is 2.27. The summed E-state index contributed by atoms with van der Waals surface area (Å²) in [5.41, 5.74) is 3.07. The molecule has 1 atom stereocenters. The molecule has 88 valence electrons. The van der Waals surface area contributed by atoms with Crippen molar-refractivity contribution in [3.8, 4) is 0 Å². The van der Waals surface area contributed by atoms with Crippen LogP contribution in [0.5, 0.6) is 0 Å². The van der Waals surface area contributed by atoms with Gasteiger partial charge in [0.05, 0.1) is 0 Å². The zero-order chi connectivity index (χ0) is 12.0. The van der Waals surface area contributed by atoms with Crippen LogP contribution in [0.15, 0.2) is 42.1 Å². The van der Waals surface area contributed by atoms with Crippen LogP contribution >= 0.6 is 22.2 Å². The van der Waals surface area contributed by atoms with E-state index in [0.29, 0.717) is 0 Å². The van der Waals surface area contributed by atoms with Gasteiger partial charge in [-0.1, -0.05) is 36.9 Å². The van der Waals surface area contributed by atoms with E-state index in [1.165, 1.54) is 0 Å². The number of halogens is 2. The summed E-state index contributed by atoms with van der Waals surface area (Å²) in [6.45, 7) is 1.97. The lowest BCUT2D eigenvalue weighted by molar-refractivity contribution is 0.999. The average molecular weight is 274 g/mol. The highest BCUT2D eigenvalue weighted by Crippen LogP contribution is 2.21. The fourth-order valence-corrected chi connectivity index (χ4v) is 2.49. The molecule has 1 N–H and O–H groups in total. The van der Waals surface area contributed by atoms with Crippen molar-refractivity contribution in [3.63, 3.8) is 0 Å². The van der Waals surface area contributed by atoms with Gasteiger partial charge in [0.2, 0.25) is 0 Å². The molecule has 0 heterocycles. The molecule has 0 spiro atoms. The van der Waals surface area contributed by atoms with E-state index in [2.05, 4.69) is 12.2 Å². The molecule has 0 aliphatic heterocycles. The van der Waals surface area contributed by atoms with Crippen molar-refractivity contribution in [2.24, 2.45) is 0 Å². The van der Waals surface area contributed by atoms with Gasteiger partial charge in [-0.2, -0.15) is 0 Å². The van der Waals surface area contributed by atoms with E-state index < -0.39 is 6.69 Å². The van der Waals surface area contributed by atoms with Gasteiger partial charge >= 0.3 is 0 Å². The van der Waals surface area contributed by atoms with Crippen molar-refractivity contribution in [1.82, 2.24) is 0 Å². The van der Waals surface area contributed by atoms with Crippen molar-refractivity contribution >= 4 is 34.5 Å². The van der Waals surface area contributed by atoms with Crippen LogP contribution in [-0.4, -0.2) is 12.7 Å². The maximum Gasteiger partial charge on any atom is 0.273 e. The Morgan fingerprint density at radius 2 is 1.94 bits per heavy atom. The maximum absolute atomic E-state index is 6.16. The summed E-state index contributed by atoms with van der Waals surface area (Å²) < 4.78 is 0. The average Bonchev–Trinajstić information content (AvgIpc) is 2.28. The molecule has 1 rings (SSSR count). The largest absolute Gasteiger partial charge is 0.379 e. The summed E-state index contributed by atoms with van der Waals surface area (Å²) in [6.07, 6.45) is 2.04. The van der Waals surface area contributed by atoms with Gasteiger partial charge in [0.15, 0.2) is 0 Å². The molecule has 1 aromatic carbocycles. The zero-order valence-electron chi connectivity index (χ0n) is 9.58. The summed E-state index contributed by atoms with van der Waals surface area (Å²) in [5.74, 6) is 0. The van der Waals surface area contributed by atoms with Crippen LogP contribution in [0.3, 0.4) is 0 Å². The molecule has 4 heteroatoms. The molecule has 1 unspecified atom stereocenters. The van der Waals surface area contributed by atoms with Gasteiger partial charge < -0.3 is 5.32 Å². The van der Waals surface area contributed by atoms with Crippen LogP contribution in [0.2, 0.25) is 6.04 Å². The second-order valence-electron chi connectivity index (χ2n) is 3.77. The number of hydrogen-bond donors (Lipinski definition) is 1. The highest BCUT2D eigenvalue weighted by atomic mass is 35.7. The highest BCUT2D eigenvalue weighted by Gasteiger charge is 2.21. The second-order valence-corrected chi connectivity index (χ2v) is 11.0. The fraction of sp³-hybridized carbons (Fsp3) is 0.333. The summed E-state index contributed by atoms with van der Waals surface area (Å²) in [7, 11) is 0. The van der Waals surface area contributed by atoms with Gasteiger partial charge in [0.25, 0.3) is 6.69 Å². The minimum atomic E-state index is -2.13. The summed E-state index contributed by atoms with van der Waals surface area (Å²) >= 11 is 12.3. The minimum absolute atomic E-state index is 0.235. The molecule has 0 bridgehead atoms. The topological polar surface area (TPSA) is 12.0 Å². The quantitative estimate of drug-likeness (QED) is 0.614. The maximum atomic E-state index is 6.16. The zero-order valence-corrected chi connectivity index (χ0v) is 12.1.